The SMILES string of the molecule is CCOC(CCOc1ccc(C#N)c(Cl)c1)OCC. The molecule has 0 N–H and O–H groups in total. The van der Waals surface area contributed by atoms with Gasteiger partial charge in [-0.15, -0.1) is 0 Å². The Bertz CT molecular complexity index is 425. The number of rotatable bonds is 8. The van der Waals surface area contributed by atoms with Crippen LogP contribution in [0.5, 0.6) is 5.75 Å². The summed E-state index contributed by atoms with van der Waals surface area (Å²) in [6.07, 6.45) is 0.392. The van der Waals surface area contributed by atoms with Crippen LogP contribution in [-0.4, -0.2) is 26.1 Å². The van der Waals surface area contributed by atoms with Crippen LogP contribution < -0.4 is 4.74 Å². The number of halogens is 1. The summed E-state index contributed by atoms with van der Waals surface area (Å²) in [4.78, 5) is 0. The zero-order valence-electron chi connectivity index (χ0n) is 11.2. The first-order chi connectivity index (χ1) is 9.21. The van der Waals surface area contributed by atoms with Crippen LogP contribution in [0.4, 0.5) is 0 Å². The van der Waals surface area contributed by atoms with Gasteiger partial charge in [-0.3, -0.25) is 0 Å². The topological polar surface area (TPSA) is 51.5 Å². The molecule has 0 saturated carbocycles. The molecule has 0 spiro atoms. The van der Waals surface area contributed by atoms with Crippen LogP contribution in [0.25, 0.3) is 0 Å². The highest BCUT2D eigenvalue weighted by molar-refractivity contribution is 6.31. The summed E-state index contributed by atoms with van der Waals surface area (Å²) in [6.45, 7) is 5.52. The fraction of sp³-hybridized carbons (Fsp3) is 0.500. The van der Waals surface area contributed by atoms with E-state index in [0.29, 0.717) is 42.6 Å². The van der Waals surface area contributed by atoms with E-state index in [2.05, 4.69) is 0 Å². The number of nitriles is 1. The predicted molar refractivity (Wildman–Crippen MR) is 73.3 cm³/mol. The molecule has 1 aromatic rings. The Hall–Kier alpha value is -1.28. The third kappa shape index (κ3) is 5.48. The van der Waals surface area contributed by atoms with Crippen molar-refractivity contribution in [2.24, 2.45) is 0 Å². The van der Waals surface area contributed by atoms with E-state index in [1.165, 1.54) is 0 Å². The first-order valence-electron chi connectivity index (χ1n) is 6.26. The Morgan fingerprint density at radius 2 is 1.95 bits per heavy atom. The molecule has 4 nitrogen and oxygen atoms in total. The Balaban J connectivity index is 2.44. The minimum atomic E-state index is -0.246. The molecule has 19 heavy (non-hydrogen) atoms. The summed E-state index contributed by atoms with van der Waals surface area (Å²) in [5, 5.41) is 9.16. The Kier molecular flexibility index (Phi) is 7.27. The zero-order chi connectivity index (χ0) is 14.1. The monoisotopic (exact) mass is 283 g/mol. The Labute approximate surface area is 118 Å². The second kappa shape index (κ2) is 8.76. The molecule has 1 rings (SSSR count). The van der Waals surface area contributed by atoms with Crippen LogP contribution in [-0.2, 0) is 9.47 Å². The lowest BCUT2D eigenvalue weighted by Crippen LogP contribution is -2.20. The zero-order valence-corrected chi connectivity index (χ0v) is 11.9. The lowest BCUT2D eigenvalue weighted by molar-refractivity contribution is -0.142. The van der Waals surface area contributed by atoms with Gasteiger partial charge >= 0.3 is 0 Å². The van der Waals surface area contributed by atoms with E-state index in [4.69, 9.17) is 31.1 Å². The molecule has 0 heterocycles. The molecule has 0 aliphatic heterocycles. The van der Waals surface area contributed by atoms with Crippen molar-refractivity contribution in [1.82, 2.24) is 0 Å². The highest BCUT2D eigenvalue weighted by Gasteiger charge is 2.08. The van der Waals surface area contributed by atoms with Gasteiger partial charge in [0.2, 0.25) is 0 Å². The summed E-state index contributed by atoms with van der Waals surface area (Å²) >= 11 is 5.92. The summed E-state index contributed by atoms with van der Waals surface area (Å²) < 4.78 is 16.4. The molecular weight excluding hydrogens is 266 g/mol. The van der Waals surface area contributed by atoms with E-state index in [9.17, 15) is 0 Å². The third-order valence-corrected chi connectivity index (χ3v) is 2.70. The lowest BCUT2D eigenvalue weighted by atomic mass is 10.2. The molecule has 1 aromatic carbocycles. The highest BCUT2D eigenvalue weighted by atomic mass is 35.5. The van der Waals surface area contributed by atoms with E-state index in [-0.39, 0.29) is 6.29 Å². The van der Waals surface area contributed by atoms with Crippen LogP contribution in [0.15, 0.2) is 18.2 Å². The van der Waals surface area contributed by atoms with Gasteiger partial charge in [0.15, 0.2) is 6.29 Å². The average molecular weight is 284 g/mol. The van der Waals surface area contributed by atoms with Crippen LogP contribution in [0, 0.1) is 11.3 Å². The third-order valence-electron chi connectivity index (χ3n) is 2.39. The van der Waals surface area contributed by atoms with E-state index < -0.39 is 0 Å². The van der Waals surface area contributed by atoms with Crippen molar-refractivity contribution in [1.29, 1.82) is 5.26 Å². The van der Waals surface area contributed by atoms with Gasteiger partial charge < -0.3 is 14.2 Å². The molecule has 0 atom stereocenters. The predicted octanol–water partition coefficient (Wildman–Crippen LogP) is 3.38. The molecule has 0 aromatic heterocycles. The van der Waals surface area contributed by atoms with Crippen LogP contribution in [0.3, 0.4) is 0 Å². The second-order valence-electron chi connectivity index (χ2n) is 3.73. The van der Waals surface area contributed by atoms with Crippen molar-refractivity contribution >= 4 is 11.6 Å². The molecule has 0 amide bonds. The Morgan fingerprint density at radius 3 is 2.47 bits per heavy atom. The number of nitrogens with zero attached hydrogens (tertiary/aromatic N) is 1. The second-order valence-corrected chi connectivity index (χ2v) is 4.14. The fourth-order valence-corrected chi connectivity index (χ4v) is 1.75. The molecular formula is C14H18ClNO3. The van der Waals surface area contributed by atoms with E-state index in [1.54, 1.807) is 18.2 Å². The molecule has 0 aliphatic rings. The van der Waals surface area contributed by atoms with Gasteiger partial charge in [0.25, 0.3) is 0 Å². The van der Waals surface area contributed by atoms with Crippen molar-refractivity contribution in [2.75, 3.05) is 19.8 Å². The van der Waals surface area contributed by atoms with Gasteiger partial charge in [-0.1, -0.05) is 11.6 Å². The maximum Gasteiger partial charge on any atom is 0.160 e. The minimum Gasteiger partial charge on any atom is -0.493 e. The van der Waals surface area contributed by atoms with Gasteiger partial charge in [-0.05, 0) is 26.0 Å². The van der Waals surface area contributed by atoms with Crippen LogP contribution in [0.2, 0.25) is 5.02 Å². The highest BCUT2D eigenvalue weighted by Crippen LogP contribution is 2.22. The van der Waals surface area contributed by atoms with Gasteiger partial charge in [-0.2, -0.15) is 5.26 Å². The van der Waals surface area contributed by atoms with E-state index in [1.807, 2.05) is 19.9 Å². The van der Waals surface area contributed by atoms with E-state index in [0.717, 1.165) is 0 Å². The molecule has 104 valence electrons. The molecule has 0 radical (unpaired) electrons. The van der Waals surface area contributed by atoms with Crippen LogP contribution >= 0.6 is 11.6 Å². The van der Waals surface area contributed by atoms with E-state index >= 15 is 0 Å². The maximum atomic E-state index is 8.77. The van der Waals surface area contributed by atoms with Crippen molar-refractivity contribution < 1.29 is 14.2 Å². The van der Waals surface area contributed by atoms with Crippen LogP contribution in [0.1, 0.15) is 25.8 Å². The summed E-state index contributed by atoms with van der Waals surface area (Å²) in [6, 6.07) is 7.00. The first kappa shape index (κ1) is 15.8. The minimum absolute atomic E-state index is 0.246. The first-order valence-corrected chi connectivity index (χ1v) is 6.64. The molecule has 0 aliphatic carbocycles. The largest absolute Gasteiger partial charge is 0.493 e. The number of hydrogen-bond acceptors (Lipinski definition) is 4. The quantitative estimate of drug-likeness (QED) is 0.686. The van der Waals surface area contributed by atoms with Gasteiger partial charge in [-0.25, -0.2) is 0 Å². The standard InChI is InChI=1S/C14H18ClNO3/c1-3-17-14(18-4-2)7-8-19-12-6-5-11(10-16)13(15)9-12/h5-6,9,14H,3-4,7-8H2,1-2H3. The average Bonchev–Trinajstić information content (AvgIpc) is 2.39. The number of benzene rings is 1. The number of hydrogen-bond donors (Lipinski definition) is 0. The smallest absolute Gasteiger partial charge is 0.160 e. The summed E-state index contributed by atoms with van der Waals surface area (Å²) in [5.41, 5.74) is 0.440. The van der Waals surface area contributed by atoms with Crippen molar-refractivity contribution in [2.45, 2.75) is 26.6 Å². The summed E-state index contributed by atoms with van der Waals surface area (Å²) in [5.74, 6) is 0.635. The maximum absolute atomic E-state index is 8.77. The molecule has 0 saturated heterocycles. The van der Waals surface area contributed by atoms with Crippen molar-refractivity contribution in [3.8, 4) is 11.8 Å². The van der Waals surface area contributed by atoms with Gasteiger partial charge in [0.1, 0.15) is 11.8 Å². The lowest BCUT2D eigenvalue weighted by Gasteiger charge is -2.17. The fourth-order valence-electron chi connectivity index (χ4n) is 1.54. The molecule has 5 heteroatoms. The molecule has 0 fully saturated rings. The Morgan fingerprint density at radius 1 is 1.26 bits per heavy atom. The number of ether oxygens (including phenoxy) is 3. The normalized spacial score (nSPS) is 10.5. The van der Waals surface area contributed by atoms with Crippen molar-refractivity contribution in [3.05, 3.63) is 28.8 Å². The van der Waals surface area contributed by atoms with Gasteiger partial charge in [0, 0.05) is 25.7 Å². The molecule has 0 unspecified atom stereocenters. The summed E-state index contributed by atoms with van der Waals surface area (Å²) in [7, 11) is 0. The molecule has 0 bridgehead atoms. The van der Waals surface area contributed by atoms with Gasteiger partial charge in [0.05, 0.1) is 17.2 Å². The van der Waals surface area contributed by atoms with Crippen molar-refractivity contribution in [3.63, 3.8) is 0 Å².